The maximum atomic E-state index is 4.48. The van der Waals surface area contributed by atoms with Gasteiger partial charge in [-0.3, -0.25) is 4.99 Å². The van der Waals surface area contributed by atoms with Gasteiger partial charge in [0.25, 0.3) is 0 Å². The number of aliphatic imine (C=N–C) groups is 1. The van der Waals surface area contributed by atoms with E-state index in [1.807, 2.05) is 0 Å². The molecule has 0 amide bonds. The van der Waals surface area contributed by atoms with E-state index in [1.54, 1.807) is 0 Å². The number of nitrogens with zero attached hydrogens (tertiary/aromatic N) is 2. The fourth-order valence-electron chi connectivity index (χ4n) is 1.07. The summed E-state index contributed by atoms with van der Waals surface area (Å²) in [7, 11) is 4.10. The predicted molar refractivity (Wildman–Crippen MR) is 51.1 cm³/mol. The smallest absolute Gasteiger partial charge is 0.101 e. The number of hydrogen-bond acceptors (Lipinski definition) is 1. The molecular weight excluding hydrogens is 136 g/mol. The first kappa shape index (κ1) is 10.5. The lowest BCUT2D eigenvalue weighted by Gasteiger charge is -2.18. The van der Waals surface area contributed by atoms with E-state index >= 15 is 0 Å². The Bertz CT molecular complexity index is 116. The van der Waals surface area contributed by atoms with Crippen molar-refractivity contribution in [2.75, 3.05) is 20.6 Å². The lowest BCUT2D eigenvalue weighted by atomic mass is 10.2. The third-order valence-corrected chi connectivity index (χ3v) is 1.47. The van der Waals surface area contributed by atoms with E-state index in [-0.39, 0.29) is 0 Å². The Balaban J connectivity index is 4.09. The summed E-state index contributed by atoms with van der Waals surface area (Å²) in [6.45, 7) is 7.45. The average Bonchev–Trinajstić information content (AvgIpc) is 1.87. The fourth-order valence-corrected chi connectivity index (χ4v) is 1.07. The fraction of sp³-hybridized carbons (Fsp3) is 0.889. The van der Waals surface area contributed by atoms with Gasteiger partial charge in [-0.1, -0.05) is 20.8 Å². The van der Waals surface area contributed by atoms with Gasteiger partial charge in [0.2, 0.25) is 0 Å². The summed E-state index contributed by atoms with van der Waals surface area (Å²) in [6.07, 6.45) is 1.13. The molecule has 0 aliphatic rings. The Kier molecular flexibility index (Phi) is 4.92. The Morgan fingerprint density at radius 3 is 2.18 bits per heavy atom. The maximum absolute atomic E-state index is 4.48. The first-order valence-electron chi connectivity index (χ1n) is 4.31. The summed E-state index contributed by atoms with van der Waals surface area (Å²) in [4.78, 5) is 6.58. The van der Waals surface area contributed by atoms with Gasteiger partial charge in [0.05, 0.1) is 0 Å². The molecule has 0 aliphatic heterocycles. The van der Waals surface area contributed by atoms with Gasteiger partial charge in [-0.15, -0.1) is 0 Å². The molecule has 66 valence electrons. The molecule has 0 rings (SSSR count). The van der Waals surface area contributed by atoms with Crippen molar-refractivity contribution in [2.45, 2.75) is 27.2 Å². The van der Waals surface area contributed by atoms with E-state index in [0.717, 1.165) is 13.0 Å². The molecule has 0 heterocycles. The van der Waals surface area contributed by atoms with Crippen molar-refractivity contribution in [3.63, 3.8) is 0 Å². The molecule has 2 heteroatoms. The minimum atomic E-state index is 0.538. The average molecular weight is 156 g/mol. The highest BCUT2D eigenvalue weighted by Crippen LogP contribution is 2.00. The molecule has 0 aromatic heterocycles. The molecule has 0 atom stereocenters. The van der Waals surface area contributed by atoms with Crippen LogP contribution in [0.4, 0.5) is 0 Å². The predicted octanol–water partition coefficient (Wildman–Crippen LogP) is 2.01. The largest absolute Gasteiger partial charge is 0.366 e. The molecule has 0 fully saturated rings. The van der Waals surface area contributed by atoms with Crippen LogP contribution in [0.15, 0.2) is 4.99 Å². The van der Waals surface area contributed by atoms with Crippen LogP contribution in [0.2, 0.25) is 0 Å². The van der Waals surface area contributed by atoms with Gasteiger partial charge < -0.3 is 4.90 Å². The molecule has 0 aromatic carbocycles. The normalized spacial score (nSPS) is 12.4. The molecule has 0 saturated carbocycles. The second-order valence-electron chi connectivity index (χ2n) is 3.29. The Hall–Kier alpha value is -0.530. The van der Waals surface area contributed by atoms with Crippen LogP contribution >= 0.6 is 0 Å². The van der Waals surface area contributed by atoms with Crippen LogP contribution in [0.25, 0.3) is 0 Å². The molecule has 0 saturated heterocycles. The zero-order valence-electron chi connectivity index (χ0n) is 8.39. The molecular formula is C9H20N2. The summed E-state index contributed by atoms with van der Waals surface area (Å²) in [5.41, 5.74) is 0. The van der Waals surface area contributed by atoms with Gasteiger partial charge in [-0.05, 0) is 6.42 Å². The topological polar surface area (TPSA) is 15.6 Å². The molecule has 0 unspecified atom stereocenters. The molecule has 0 radical (unpaired) electrons. The molecule has 11 heavy (non-hydrogen) atoms. The number of rotatable bonds is 3. The van der Waals surface area contributed by atoms with E-state index in [0.29, 0.717) is 5.92 Å². The standard InChI is InChI=1S/C9H20N2/c1-6-7-10-9(8(2)3)11(4)5/h8H,6-7H2,1-5H3/b10-9+. The van der Waals surface area contributed by atoms with E-state index in [4.69, 9.17) is 0 Å². The first-order valence-corrected chi connectivity index (χ1v) is 4.31. The lowest BCUT2D eigenvalue weighted by Crippen LogP contribution is -2.27. The zero-order valence-corrected chi connectivity index (χ0v) is 8.39. The summed E-state index contributed by atoms with van der Waals surface area (Å²) in [5, 5.41) is 0. The van der Waals surface area contributed by atoms with Gasteiger partial charge in [-0.25, -0.2) is 0 Å². The van der Waals surface area contributed by atoms with Crippen molar-refractivity contribution in [1.29, 1.82) is 0 Å². The van der Waals surface area contributed by atoms with Crippen molar-refractivity contribution < 1.29 is 0 Å². The van der Waals surface area contributed by atoms with Gasteiger partial charge in [0.15, 0.2) is 0 Å². The summed E-state index contributed by atoms with van der Waals surface area (Å²) in [6, 6.07) is 0. The maximum Gasteiger partial charge on any atom is 0.101 e. The quantitative estimate of drug-likeness (QED) is 0.451. The number of amidine groups is 1. The van der Waals surface area contributed by atoms with Gasteiger partial charge in [0.1, 0.15) is 5.84 Å². The SMILES string of the molecule is CCC/N=C(\C(C)C)N(C)C. The molecule has 0 bridgehead atoms. The zero-order chi connectivity index (χ0) is 8.85. The van der Waals surface area contributed by atoms with Gasteiger partial charge >= 0.3 is 0 Å². The van der Waals surface area contributed by atoms with Gasteiger partial charge in [-0.2, -0.15) is 0 Å². The highest BCUT2D eigenvalue weighted by molar-refractivity contribution is 5.83. The lowest BCUT2D eigenvalue weighted by molar-refractivity contribution is 0.569. The van der Waals surface area contributed by atoms with Crippen LogP contribution in [-0.4, -0.2) is 31.4 Å². The van der Waals surface area contributed by atoms with Gasteiger partial charge in [0, 0.05) is 26.6 Å². The summed E-state index contributed by atoms with van der Waals surface area (Å²) in [5.74, 6) is 1.74. The molecule has 0 spiro atoms. The van der Waals surface area contributed by atoms with Crippen LogP contribution in [-0.2, 0) is 0 Å². The number of hydrogen-bond donors (Lipinski definition) is 0. The van der Waals surface area contributed by atoms with E-state index < -0.39 is 0 Å². The molecule has 2 nitrogen and oxygen atoms in total. The third kappa shape index (κ3) is 4.02. The van der Waals surface area contributed by atoms with Crippen molar-refractivity contribution in [2.24, 2.45) is 10.9 Å². The van der Waals surface area contributed by atoms with Crippen molar-refractivity contribution in [1.82, 2.24) is 4.90 Å². The molecule has 0 aromatic rings. The Morgan fingerprint density at radius 2 is 1.91 bits per heavy atom. The monoisotopic (exact) mass is 156 g/mol. The van der Waals surface area contributed by atoms with E-state index in [1.165, 1.54) is 5.84 Å². The highest BCUT2D eigenvalue weighted by Gasteiger charge is 2.05. The molecule has 0 N–H and O–H groups in total. The van der Waals surface area contributed by atoms with E-state index in [2.05, 4.69) is 44.8 Å². The van der Waals surface area contributed by atoms with Crippen LogP contribution in [0.5, 0.6) is 0 Å². The van der Waals surface area contributed by atoms with Crippen LogP contribution < -0.4 is 0 Å². The van der Waals surface area contributed by atoms with Crippen molar-refractivity contribution in [3.8, 4) is 0 Å². The Morgan fingerprint density at radius 1 is 1.36 bits per heavy atom. The minimum absolute atomic E-state index is 0.538. The summed E-state index contributed by atoms with van der Waals surface area (Å²) < 4.78 is 0. The van der Waals surface area contributed by atoms with Crippen LogP contribution in [0.3, 0.4) is 0 Å². The molecule has 0 aliphatic carbocycles. The van der Waals surface area contributed by atoms with E-state index in [9.17, 15) is 0 Å². The Labute approximate surface area is 70.3 Å². The second-order valence-corrected chi connectivity index (χ2v) is 3.29. The van der Waals surface area contributed by atoms with Crippen molar-refractivity contribution in [3.05, 3.63) is 0 Å². The minimum Gasteiger partial charge on any atom is -0.366 e. The van der Waals surface area contributed by atoms with Crippen molar-refractivity contribution >= 4 is 5.84 Å². The second kappa shape index (κ2) is 5.16. The highest BCUT2D eigenvalue weighted by atomic mass is 15.1. The van der Waals surface area contributed by atoms with Crippen LogP contribution in [0.1, 0.15) is 27.2 Å². The van der Waals surface area contributed by atoms with Crippen LogP contribution in [0, 0.1) is 5.92 Å². The third-order valence-electron chi connectivity index (χ3n) is 1.47. The first-order chi connectivity index (χ1) is 5.09. The summed E-state index contributed by atoms with van der Waals surface area (Å²) >= 11 is 0.